The molecule has 0 fully saturated rings. The van der Waals surface area contributed by atoms with E-state index < -0.39 is 5.41 Å². The highest BCUT2D eigenvalue weighted by molar-refractivity contribution is 6.15. The van der Waals surface area contributed by atoms with Crippen LogP contribution in [0.5, 0.6) is 0 Å². The first-order valence-electron chi connectivity index (χ1n) is 30.6. The van der Waals surface area contributed by atoms with Crippen LogP contribution in [0.15, 0.2) is 324 Å². The maximum Gasteiger partial charge on any atom is 0.159 e. The van der Waals surface area contributed by atoms with Crippen molar-refractivity contribution in [2.24, 2.45) is 0 Å². The number of benzene rings is 15. The Morgan fingerprint density at radius 1 is 0.247 bits per heavy atom. The average molecular weight is 1130 g/mol. The normalized spacial score (nSPS) is 12.8. The van der Waals surface area contributed by atoms with Crippen LogP contribution in [-0.2, 0) is 5.41 Å². The number of fused-ring (bicyclic) bond motifs is 22. The minimum atomic E-state index is -0.635. The summed E-state index contributed by atoms with van der Waals surface area (Å²) in [5.41, 5.74) is 24.1. The third-order valence-corrected chi connectivity index (χ3v) is 19.2. The Morgan fingerprint density at radius 2 is 0.685 bits per heavy atom. The molecule has 1 spiro atoms. The van der Waals surface area contributed by atoms with Gasteiger partial charge in [0.05, 0.1) is 16.8 Å². The van der Waals surface area contributed by atoms with E-state index in [1.807, 2.05) is 12.1 Å². The van der Waals surface area contributed by atoms with Gasteiger partial charge in [-0.1, -0.05) is 231 Å². The van der Waals surface area contributed by atoms with Crippen LogP contribution in [0.4, 0.5) is 34.1 Å². The van der Waals surface area contributed by atoms with E-state index >= 15 is 0 Å². The molecule has 2 heterocycles. The molecule has 0 unspecified atom stereocenters. The maximum absolute atomic E-state index is 6.69. The van der Waals surface area contributed by atoms with Gasteiger partial charge in [-0.3, -0.25) is 0 Å². The number of anilines is 6. The number of para-hydroxylation sites is 6. The van der Waals surface area contributed by atoms with Gasteiger partial charge in [-0.15, -0.1) is 0 Å². The van der Waals surface area contributed by atoms with Crippen molar-refractivity contribution in [3.05, 3.63) is 338 Å². The van der Waals surface area contributed by atoms with Gasteiger partial charge in [-0.25, -0.2) is 0 Å². The van der Waals surface area contributed by atoms with Gasteiger partial charge < -0.3 is 18.6 Å². The Kier molecular flexibility index (Phi) is 10.7. The van der Waals surface area contributed by atoms with Gasteiger partial charge in [-0.05, 0) is 184 Å². The van der Waals surface area contributed by atoms with Gasteiger partial charge in [0.15, 0.2) is 11.2 Å². The van der Waals surface area contributed by atoms with E-state index in [0.717, 1.165) is 100 Å². The molecule has 2 aromatic heterocycles. The van der Waals surface area contributed by atoms with Crippen LogP contribution < -0.4 is 9.80 Å². The molecule has 4 nitrogen and oxygen atoms in total. The Labute approximate surface area is 513 Å². The molecule has 0 radical (unpaired) electrons. The third kappa shape index (κ3) is 7.23. The van der Waals surface area contributed by atoms with Gasteiger partial charge in [0, 0.05) is 44.3 Å². The molecule has 0 bridgehead atoms. The molecule has 0 N–H and O–H groups in total. The summed E-state index contributed by atoms with van der Waals surface area (Å²) in [7, 11) is 0. The fraction of sp³-hybridized carbons (Fsp3) is 0.0118. The molecule has 0 aliphatic heterocycles. The zero-order valence-electron chi connectivity index (χ0n) is 48.2. The van der Waals surface area contributed by atoms with E-state index in [1.165, 1.54) is 76.8 Å². The first-order valence-corrected chi connectivity index (χ1v) is 30.6. The molecule has 17 aromatic rings. The highest BCUT2D eigenvalue weighted by Gasteiger charge is 2.53. The summed E-state index contributed by atoms with van der Waals surface area (Å²) in [6.45, 7) is 0. The zero-order chi connectivity index (χ0) is 58.3. The SMILES string of the molecule is c1ccc(N(c2cccc(-c3ccc4c5c(ccc4c3)-c3ccc4cc(-c6cccc(N(c7ccccc7)c7cccc8c7oc7ccccc78)c6)ccc4c3C53c4ccccc4-c4c3ccc3ccccc43)c2)c2cccc3c2oc2ccccc23)cc1. The highest BCUT2D eigenvalue weighted by Crippen LogP contribution is 2.66. The quantitative estimate of drug-likeness (QED) is 0.152. The Bertz CT molecular complexity index is 5490. The van der Waals surface area contributed by atoms with Gasteiger partial charge in [0.25, 0.3) is 0 Å². The van der Waals surface area contributed by atoms with E-state index in [9.17, 15) is 0 Å². The molecular formula is C85H52N2O2. The number of furan rings is 2. The Hall–Kier alpha value is -11.7. The first kappa shape index (κ1) is 49.5. The third-order valence-electron chi connectivity index (χ3n) is 19.2. The molecular weight excluding hydrogens is 1080 g/mol. The number of nitrogens with zero attached hydrogens (tertiary/aromatic N) is 2. The Balaban J connectivity index is 0.776. The zero-order valence-corrected chi connectivity index (χ0v) is 48.2. The number of hydrogen-bond acceptors (Lipinski definition) is 4. The minimum Gasteiger partial charge on any atom is -0.454 e. The molecule has 2 aliphatic carbocycles. The lowest BCUT2D eigenvalue weighted by Crippen LogP contribution is -2.26. The molecule has 0 atom stereocenters. The topological polar surface area (TPSA) is 32.8 Å². The predicted molar refractivity (Wildman–Crippen MR) is 370 cm³/mol. The fourth-order valence-corrected chi connectivity index (χ4v) is 15.5. The van der Waals surface area contributed by atoms with Crippen LogP contribution in [0.1, 0.15) is 22.3 Å². The molecule has 15 aromatic carbocycles. The second-order valence-electron chi connectivity index (χ2n) is 23.8. The molecule has 414 valence electrons. The number of hydrogen-bond donors (Lipinski definition) is 0. The molecule has 19 rings (SSSR count). The molecule has 0 amide bonds. The van der Waals surface area contributed by atoms with Crippen molar-refractivity contribution >= 4 is 110 Å². The van der Waals surface area contributed by atoms with E-state index in [4.69, 9.17) is 8.83 Å². The van der Waals surface area contributed by atoms with Crippen molar-refractivity contribution in [2.45, 2.75) is 5.41 Å². The predicted octanol–water partition coefficient (Wildman–Crippen LogP) is 23.6. The van der Waals surface area contributed by atoms with Crippen LogP contribution in [0, 0.1) is 0 Å². The summed E-state index contributed by atoms with van der Waals surface area (Å²) in [5.74, 6) is 0. The molecule has 89 heavy (non-hydrogen) atoms. The van der Waals surface area contributed by atoms with E-state index in [1.54, 1.807) is 0 Å². The average Bonchev–Trinajstić information content (AvgIpc) is 1.50. The summed E-state index contributed by atoms with van der Waals surface area (Å²) >= 11 is 0. The highest BCUT2D eigenvalue weighted by atomic mass is 16.3. The van der Waals surface area contributed by atoms with Crippen molar-refractivity contribution in [1.29, 1.82) is 0 Å². The maximum atomic E-state index is 6.69. The van der Waals surface area contributed by atoms with Crippen LogP contribution in [0.25, 0.3) is 121 Å². The number of rotatable bonds is 8. The van der Waals surface area contributed by atoms with Crippen molar-refractivity contribution in [3.63, 3.8) is 0 Å². The fourth-order valence-electron chi connectivity index (χ4n) is 15.5. The summed E-state index contributed by atoms with van der Waals surface area (Å²) in [6, 6.07) is 116. The summed E-state index contributed by atoms with van der Waals surface area (Å²) in [4.78, 5) is 4.66. The van der Waals surface area contributed by atoms with Crippen molar-refractivity contribution in [2.75, 3.05) is 9.80 Å². The smallest absolute Gasteiger partial charge is 0.159 e. The largest absolute Gasteiger partial charge is 0.454 e. The van der Waals surface area contributed by atoms with E-state index in [-0.39, 0.29) is 0 Å². The van der Waals surface area contributed by atoms with E-state index in [2.05, 4.69) is 313 Å². The molecule has 4 heteroatoms. The lowest BCUT2D eigenvalue weighted by molar-refractivity contribution is 0.668. The Morgan fingerprint density at radius 3 is 1.25 bits per heavy atom. The van der Waals surface area contributed by atoms with Gasteiger partial charge in [0.2, 0.25) is 0 Å². The summed E-state index contributed by atoms with van der Waals surface area (Å²) in [6.07, 6.45) is 0. The standard InChI is InChI=1S/C85H52N2O2/c1-3-22-60(23-4-1)86(76-35-17-32-71-67-29-10-13-37-78(67)88-83(71)76)62-26-15-20-54(51-62)56-39-44-65-58(49-56)41-46-69-70-47-42-59-50-57(40-45-66(59)82(70)85(81(65)69)74-34-12-9-31-73(74)80-64-28-8-7-19-53(64)43-48-75(80)85)55-21-16-27-63(52-55)87(61-24-5-2-6-25-61)77-36-18-33-72-68-30-11-14-38-79(68)89-84(72)77/h1-52H. The molecule has 0 saturated carbocycles. The van der Waals surface area contributed by atoms with Crippen LogP contribution in [0.2, 0.25) is 0 Å². The van der Waals surface area contributed by atoms with Gasteiger partial charge in [0.1, 0.15) is 11.2 Å². The van der Waals surface area contributed by atoms with Crippen LogP contribution in [-0.4, -0.2) is 0 Å². The second-order valence-corrected chi connectivity index (χ2v) is 23.8. The second kappa shape index (κ2) is 19.1. The first-order chi connectivity index (χ1) is 44.1. The lowest BCUT2D eigenvalue weighted by atomic mass is 9.68. The van der Waals surface area contributed by atoms with Gasteiger partial charge in [-0.2, -0.15) is 0 Å². The molecule has 2 aliphatic rings. The van der Waals surface area contributed by atoms with Gasteiger partial charge >= 0.3 is 0 Å². The van der Waals surface area contributed by atoms with Crippen molar-refractivity contribution in [1.82, 2.24) is 0 Å². The lowest BCUT2D eigenvalue weighted by Gasteiger charge is -2.32. The van der Waals surface area contributed by atoms with Crippen molar-refractivity contribution < 1.29 is 8.83 Å². The summed E-state index contributed by atoms with van der Waals surface area (Å²) < 4.78 is 13.4. The summed E-state index contributed by atoms with van der Waals surface area (Å²) in [5, 5.41) is 11.8. The van der Waals surface area contributed by atoms with Crippen molar-refractivity contribution in [3.8, 4) is 44.5 Å². The monoisotopic (exact) mass is 1130 g/mol. The van der Waals surface area contributed by atoms with Crippen LogP contribution >= 0.6 is 0 Å². The molecule has 0 saturated heterocycles. The minimum absolute atomic E-state index is 0.635. The van der Waals surface area contributed by atoms with Crippen LogP contribution in [0.3, 0.4) is 0 Å². The van der Waals surface area contributed by atoms with E-state index in [0.29, 0.717) is 0 Å².